The number of hydrogen-bond donors (Lipinski definition) is 3. The molecule has 1 amide bonds. The molecule has 23 heavy (non-hydrogen) atoms. The van der Waals surface area contributed by atoms with Crippen molar-refractivity contribution in [2.45, 2.75) is 18.9 Å². The summed E-state index contributed by atoms with van der Waals surface area (Å²) in [6, 6.07) is 11.0. The van der Waals surface area contributed by atoms with Crippen LogP contribution in [-0.4, -0.2) is 35.2 Å². The molecule has 0 unspecified atom stereocenters. The first-order valence-corrected chi connectivity index (χ1v) is 7.59. The number of aromatic nitrogens is 1. The Morgan fingerprint density at radius 2 is 2.13 bits per heavy atom. The molecule has 3 rings (SSSR count). The molecule has 6 nitrogen and oxygen atoms in total. The van der Waals surface area contributed by atoms with Gasteiger partial charge in [-0.25, -0.2) is 0 Å². The minimum Gasteiger partial charge on any atom is -0.393 e. The van der Waals surface area contributed by atoms with Crippen LogP contribution < -0.4 is 10.2 Å². The molecule has 3 N–H and O–H groups in total. The van der Waals surface area contributed by atoms with Crippen molar-refractivity contribution in [2.75, 3.05) is 23.3 Å². The summed E-state index contributed by atoms with van der Waals surface area (Å²) in [6.07, 6.45) is 2.84. The average Bonchev–Trinajstić information content (AvgIpc) is 3.10. The fourth-order valence-corrected chi connectivity index (χ4v) is 2.76. The number of carbonyl (C=O) groups is 1. The Bertz CT molecular complexity index is 726. The van der Waals surface area contributed by atoms with Gasteiger partial charge in [0.05, 0.1) is 17.4 Å². The van der Waals surface area contributed by atoms with Crippen molar-refractivity contribution in [3.05, 3.63) is 47.8 Å². The molecule has 1 aliphatic rings. The molecule has 0 aliphatic carbocycles. The fourth-order valence-electron chi connectivity index (χ4n) is 2.76. The predicted octanol–water partition coefficient (Wildman–Crippen LogP) is 2.10. The molecular formula is C17H18N4O2. The largest absolute Gasteiger partial charge is 0.393 e. The molecule has 1 aromatic carbocycles. The molecule has 1 aliphatic heterocycles. The van der Waals surface area contributed by atoms with Crippen molar-refractivity contribution in [3.63, 3.8) is 0 Å². The van der Waals surface area contributed by atoms with E-state index in [0.717, 1.165) is 18.8 Å². The van der Waals surface area contributed by atoms with Gasteiger partial charge in [-0.15, -0.1) is 0 Å². The van der Waals surface area contributed by atoms with E-state index in [1.54, 1.807) is 30.5 Å². The summed E-state index contributed by atoms with van der Waals surface area (Å²) in [5.74, 6) is -0.243. The average molecular weight is 310 g/mol. The normalized spacial score (nSPS) is 15.2. The van der Waals surface area contributed by atoms with E-state index in [1.165, 1.54) is 0 Å². The van der Waals surface area contributed by atoms with Crippen LogP contribution in [0, 0.1) is 11.3 Å². The van der Waals surface area contributed by atoms with Gasteiger partial charge in [0.1, 0.15) is 11.8 Å². The third-order valence-corrected chi connectivity index (χ3v) is 4.02. The van der Waals surface area contributed by atoms with Crippen molar-refractivity contribution >= 4 is 17.3 Å². The zero-order valence-electron chi connectivity index (χ0n) is 12.6. The number of benzene rings is 1. The minimum atomic E-state index is -0.254. The van der Waals surface area contributed by atoms with Crippen LogP contribution in [-0.2, 0) is 0 Å². The van der Waals surface area contributed by atoms with E-state index >= 15 is 0 Å². The van der Waals surface area contributed by atoms with Gasteiger partial charge in [-0.05, 0) is 43.2 Å². The Kier molecular flexibility index (Phi) is 4.31. The Morgan fingerprint density at radius 3 is 2.78 bits per heavy atom. The summed E-state index contributed by atoms with van der Waals surface area (Å²) in [5, 5.41) is 21.8. The number of rotatable bonds is 3. The summed E-state index contributed by atoms with van der Waals surface area (Å²) >= 11 is 0. The van der Waals surface area contributed by atoms with Gasteiger partial charge in [0.2, 0.25) is 0 Å². The third-order valence-electron chi connectivity index (χ3n) is 4.02. The number of aromatic amines is 1. The minimum absolute atomic E-state index is 0.243. The molecule has 1 aromatic heterocycles. The van der Waals surface area contributed by atoms with Gasteiger partial charge < -0.3 is 20.3 Å². The van der Waals surface area contributed by atoms with Crippen LogP contribution >= 0.6 is 0 Å². The standard InChI is InChI=1S/C17H18N4O2/c18-11-12-10-13(20-17(23)15-2-1-7-19-15)3-4-16(12)21-8-5-14(22)6-9-21/h1-4,7,10,14,19,22H,5-6,8-9H2,(H,20,23). The number of carbonyl (C=O) groups excluding carboxylic acids is 1. The highest BCUT2D eigenvalue weighted by Crippen LogP contribution is 2.26. The number of anilines is 2. The number of piperidine rings is 1. The van der Waals surface area contributed by atoms with Crippen molar-refractivity contribution in [1.29, 1.82) is 5.26 Å². The summed E-state index contributed by atoms with van der Waals surface area (Å²) in [7, 11) is 0. The number of aliphatic hydroxyl groups is 1. The zero-order valence-corrected chi connectivity index (χ0v) is 12.6. The zero-order chi connectivity index (χ0) is 16.2. The molecule has 0 bridgehead atoms. The lowest BCUT2D eigenvalue weighted by Gasteiger charge is -2.32. The number of H-pyrrole nitrogens is 1. The SMILES string of the molecule is N#Cc1cc(NC(=O)c2ccc[nH]2)ccc1N1CCC(O)CC1. The first-order chi connectivity index (χ1) is 11.2. The van der Waals surface area contributed by atoms with E-state index < -0.39 is 0 Å². The van der Waals surface area contributed by atoms with Crippen molar-refractivity contribution in [2.24, 2.45) is 0 Å². The first-order valence-electron chi connectivity index (χ1n) is 7.59. The lowest BCUT2D eigenvalue weighted by molar-refractivity contribution is 0.102. The molecule has 2 heterocycles. The maximum atomic E-state index is 12.0. The second-order valence-corrected chi connectivity index (χ2v) is 5.60. The van der Waals surface area contributed by atoms with E-state index in [1.807, 2.05) is 6.07 Å². The quantitative estimate of drug-likeness (QED) is 0.809. The van der Waals surface area contributed by atoms with Crippen LogP contribution in [0.25, 0.3) is 0 Å². The highest BCUT2D eigenvalue weighted by Gasteiger charge is 2.19. The second-order valence-electron chi connectivity index (χ2n) is 5.60. The maximum Gasteiger partial charge on any atom is 0.272 e. The molecular weight excluding hydrogens is 292 g/mol. The molecule has 118 valence electrons. The van der Waals surface area contributed by atoms with Crippen molar-refractivity contribution < 1.29 is 9.90 Å². The molecule has 6 heteroatoms. The van der Waals surface area contributed by atoms with E-state index in [2.05, 4.69) is 21.3 Å². The topological polar surface area (TPSA) is 92.2 Å². The van der Waals surface area contributed by atoms with E-state index in [-0.39, 0.29) is 12.0 Å². The number of hydrogen-bond acceptors (Lipinski definition) is 4. The van der Waals surface area contributed by atoms with Crippen molar-refractivity contribution in [1.82, 2.24) is 4.98 Å². The van der Waals surface area contributed by atoms with Gasteiger partial charge in [-0.3, -0.25) is 4.79 Å². The van der Waals surface area contributed by atoms with Gasteiger partial charge in [0, 0.05) is 25.0 Å². The molecule has 1 fully saturated rings. The summed E-state index contributed by atoms with van der Waals surface area (Å²) in [6.45, 7) is 1.45. The van der Waals surface area contributed by atoms with E-state index in [9.17, 15) is 15.2 Å². The van der Waals surface area contributed by atoms with E-state index in [0.29, 0.717) is 29.8 Å². The molecule has 0 spiro atoms. The Balaban J connectivity index is 1.77. The van der Waals surface area contributed by atoms with Crippen LogP contribution in [0.4, 0.5) is 11.4 Å². The Labute approximate surface area is 134 Å². The molecule has 1 saturated heterocycles. The van der Waals surface area contributed by atoms with Gasteiger partial charge in [0.15, 0.2) is 0 Å². The predicted molar refractivity (Wildman–Crippen MR) is 87.4 cm³/mol. The maximum absolute atomic E-state index is 12.0. The van der Waals surface area contributed by atoms with Crippen LogP contribution in [0.2, 0.25) is 0 Å². The number of amides is 1. The molecule has 0 atom stereocenters. The molecule has 2 aromatic rings. The lowest BCUT2D eigenvalue weighted by atomic mass is 10.0. The number of aliphatic hydroxyl groups excluding tert-OH is 1. The molecule has 0 radical (unpaired) electrons. The third kappa shape index (κ3) is 3.35. The van der Waals surface area contributed by atoms with Gasteiger partial charge in [-0.1, -0.05) is 0 Å². The first kappa shape index (κ1) is 15.1. The van der Waals surface area contributed by atoms with E-state index in [4.69, 9.17) is 0 Å². The van der Waals surface area contributed by atoms with Crippen LogP contribution in [0.5, 0.6) is 0 Å². The monoisotopic (exact) mass is 310 g/mol. The van der Waals surface area contributed by atoms with Crippen LogP contribution in [0.1, 0.15) is 28.9 Å². The number of nitrogens with zero attached hydrogens (tertiary/aromatic N) is 2. The lowest BCUT2D eigenvalue weighted by Crippen LogP contribution is -2.36. The fraction of sp³-hybridized carbons (Fsp3) is 0.294. The highest BCUT2D eigenvalue weighted by atomic mass is 16.3. The van der Waals surface area contributed by atoms with Crippen LogP contribution in [0.3, 0.4) is 0 Å². The van der Waals surface area contributed by atoms with Crippen molar-refractivity contribution in [3.8, 4) is 6.07 Å². The highest BCUT2D eigenvalue weighted by molar-refractivity contribution is 6.03. The summed E-state index contributed by atoms with van der Waals surface area (Å²) < 4.78 is 0. The number of nitriles is 1. The smallest absolute Gasteiger partial charge is 0.272 e. The number of nitrogens with one attached hydrogen (secondary N) is 2. The second kappa shape index (κ2) is 6.55. The van der Waals surface area contributed by atoms with Gasteiger partial charge >= 0.3 is 0 Å². The van der Waals surface area contributed by atoms with Gasteiger partial charge in [-0.2, -0.15) is 5.26 Å². The summed E-state index contributed by atoms with van der Waals surface area (Å²) in [4.78, 5) is 17.0. The van der Waals surface area contributed by atoms with Crippen LogP contribution in [0.15, 0.2) is 36.5 Å². The van der Waals surface area contributed by atoms with Gasteiger partial charge in [0.25, 0.3) is 5.91 Å². The molecule has 0 saturated carbocycles. The Morgan fingerprint density at radius 1 is 1.35 bits per heavy atom. The Hall–Kier alpha value is -2.78. The summed E-state index contributed by atoms with van der Waals surface area (Å²) in [5.41, 5.74) is 2.42.